The predicted molar refractivity (Wildman–Crippen MR) is 137 cm³/mol. The van der Waals surface area contributed by atoms with Crippen molar-refractivity contribution in [3.63, 3.8) is 0 Å². The highest BCUT2D eigenvalue weighted by atomic mass is 16.5. The lowest BCUT2D eigenvalue weighted by atomic mass is 9.92. The fraction of sp³-hybridized carbons (Fsp3) is 0.200. The Morgan fingerprint density at radius 1 is 0.559 bits per heavy atom. The molecule has 1 fully saturated rings. The third-order valence-corrected chi connectivity index (χ3v) is 7.22. The van der Waals surface area contributed by atoms with Crippen LogP contribution in [0, 0.1) is 0 Å². The van der Waals surface area contributed by atoms with E-state index >= 15 is 0 Å². The second-order valence-corrected chi connectivity index (χ2v) is 9.19. The highest BCUT2D eigenvalue weighted by molar-refractivity contribution is 5.75. The minimum atomic E-state index is -0.0152. The van der Waals surface area contributed by atoms with Gasteiger partial charge in [0.25, 0.3) is 0 Å². The molecule has 7 rings (SSSR count). The Morgan fingerprint density at radius 3 is 1.94 bits per heavy atom. The van der Waals surface area contributed by atoms with E-state index < -0.39 is 0 Å². The molecular weight excluding hydrogens is 420 g/mol. The second kappa shape index (κ2) is 7.93. The van der Waals surface area contributed by atoms with Gasteiger partial charge in [-0.05, 0) is 36.4 Å². The number of para-hydroxylation sites is 2. The maximum atomic E-state index is 6.45. The number of hydrogen-bond donors (Lipinski definition) is 0. The lowest BCUT2D eigenvalue weighted by molar-refractivity contribution is -0.00560. The molecule has 0 aromatic heterocycles. The average Bonchev–Trinajstić information content (AvgIpc) is 2.90. The smallest absolute Gasteiger partial charge is 0.144 e. The first-order valence-electron chi connectivity index (χ1n) is 12.0. The van der Waals surface area contributed by atoms with Gasteiger partial charge in [0.15, 0.2) is 0 Å². The van der Waals surface area contributed by atoms with E-state index in [4.69, 9.17) is 9.47 Å². The summed E-state index contributed by atoms with van der Waals surface area (Å²) in [5, 5.41) is 0. The van der Waals surface area contributed by atoms with Crippen LogP contribution in [0.3, 0.4) is 0 Å². The summed E-state index contributed by atoms with van der Waals surface area (Å²) in [6.45, 7) is 0. The highest BCUT2D eigenvalue weighted by Crippen LogP contribution is 2.44. The van der Waals surface area contributed by atoms with E-state index in [2.05, 4.69) is 125 Å². The SMILES string of the molecule is C1=CC2Oc3ccccc3N(c3cccc(N4C5C=CC=CC5OC5C=CC=CC54)c3)C2C=C1. The Labute approximate surface area is 200 Å². The molecule has 0 radical (unpaired) electrons. The van der Waals surface area contributed by atoms with Crippen LogP contribution in [0.5, 0.6) is 5.75 Å². The zero-order valence-corrected chi connectivity index (χ0v) is 18.7. The summed E-state index contributed by atoms with van der Waals surface area (Å²) in [5.41, 5.74) is 3.45. The van der Waals surface area contributed by atoms with Crippen LogP contribution in [0.2, 0.25) is 0 Å². The molecule has 0 saturated carbocycles. The van der Waals surface area contributed by atoms with Crippen LogP contribution in [-0.2, 0) is 4.74 Å². The molecule has 2 aliphatic heterocycles. The summed E-state index contributed by atoms with van der Waals surface area (Å²) in [6, 6.07) is 17.7. The Morgan fingerprint density at radius 2 is 1.18 bits per heavy atom. The number of ether oxygens (including phenoxy) is 2. The maximum Gasteiger partial charge on any atom is 0.144 e. The summed E-state index contributed by atoms with van der Waals surface area (Å²) in [4.78, 5) is 4.93. The minimum Gasteiger partial charge on any atom is -0.482 e. The minimum absolute atomic E-state index is 0.0152. The van der Waals surface area contributed by atoms with Crippen LogP contribution in [0.4, 0.5) is 17.1 Å². The molecule has 2 heterocycles. The molecular formula is C30H26N2O2. The van der Waals surface area contributed by atoms with Crippen molar-refractivity contribution in [2.24, 2.45) is 0 Å². The van der Waals surface area contributed by atoms with Crippen molar-refractivity contribution in [1.82, 2.24) is 0 Å². The normalized spacial score (nSPS) is 32.0. The lowest BCUT2D eigenvalue weighted by Gasteiger charge is -2.50. The van der Waals surface area contributed by atoms with Gasteiger partial charge >= 0.3 is 0 Å². The number of morpholine rings is 1. The number of allylic oxidation sites excluding steroid dienone is 6. The second-order valence-electron chi connectivity index (χ2n) is 9.19. The van der Waals surface area contributed by atoms with E-state index in [1.807, 2.05) is 6.07 Å². The standard InChI is InChI=1S/C30H26N2O2/c1-5-16-27-23(12-1)31(24-13-2-6-17-28(24)33-27)21-10-9-11-22(20-21)32-25-14-3-7-18-29(25)34-30-19-8-4-15-26(30)32/h1-20,23-25,27-29H. The van der Waals surface area contributed by atoms with Gasteiger partial charge in [-0.1, -0.05) is 85.0 Å². The van der Waals surface area contributed by atoms with E-state index in [-0.39, 0.29) is 36.4 Å². The fourth-order valence-corrected chi connectivity index (χ4v) is 5.72. The Kier molecular flexibility index (Phi) is 4.59. The first-order chi connectivity index (χ1) is 16.9. The van der Waals surface area contributed by atoms with Crippen molar-refractivity contribution in [3.8, 4) is 5.75 Å². The van der Waals surface area contributed by atoms with Gasteiger partial charge in [-0.15, -0.1) is 0 Å². The molecule has 4 heteroatoms. The van der Waals surface area contributed by atoms with E-state index in [1.54, 1.807) is 0 Å². The summed E-state index contributed by atoms with van der Waals surface area (Å²) >= 11 is 0. The largest absolute Gasteiger partial charge is 0.482 e. The van der Waals surface area contributed by atoms with Gasteiger partial charge in [-0.3, -0.25) is 0 Å². The number of benzene rings is 2. The number of anilines is 3. The molecule has 0 spiro atoms. The molecule has 0 bridgehead atoms. The van der Waals surface area contributed by atoms with Crippen molar-refractivity contribution in [1.29, 1.82) is 0 Å². The maximum absolute atomic E-state index is 6.45. The summed E-state index contributed by atoms with van der Waals surface area (Å²) in [7, 11) is 0. The van der Waals surface area contributed by atoms with Gasteiger partial charge in [0.05, 0.1) is 23.8 Å². The van der Waals surface area contributed by atoms with Crippen molar-refractivity contribution >= 4 is 17.1 Å². The molecule has 1 saturated heterocycles. The predicted octanol–water partition coefficient (Wildman–Crippen LogP) is 5.64. The van der Waals surface area contributed by atoms with Crippen molar-refractivity contribution < 1.29 is 9.47 Å². The van der Waals surface area contributed by atoms with Crippen molar-refractivity contribution in [2.45, 2.75) is 36.4 Å². The molecule has 2 aromatic carbocycles. The van der Waals surface area contributed by atoms with Crippen molar-refractivity contribution in [3.05, 3.63) is 121 Å². The van der Waals surface area contributed by atoms with Gasteiger partial charge in [-0.2, -0.15) is 0 Å². The molecule has 0 N–H and O–H groups in total. The quantitative estimate of drug-likeness (QED) is 0.596. The average molecular weight is 447 g/mol. The van der Waals surface area contributed by atoms with E-state index in [1.165, 1.54) is 5.69 Å². The third-order valence-electron chi connectivity index (χ3n) is 7.22. The highest BCUT2D eigenvalue weighted by Gasteiger charge is 2.41. The van der Waals surface area contributed by atoms with Gasteiger partial charge < -0.3 is 19.3 Å². The lowest BCUT2D eigenvalue weighted by Crippen LogP contribution is -2.59. The van der Waals surface area contributed by atoms with Gasteiger partial charge in [0, 0.05) is 11.4 Å². The molecule has 34 heavy (non-hydrogen) atoms. The monoisotopic (exact) mass is 446 g/mol. The molecule has 3 aliphatic carbocycles. The zero-order chi connectivity index (χ0) is 22.5. The van der Waals surface area contributed by atoms with Crippen LogP contribution >= 0.6 is 0 Å². The molecule has 4 nitrogen and oxygen atoms in total. The Bertz CT molecular complexity index is 1250. The Hall–Kier alpha value is -3.76. The number of hydrogen-bond acceptors (Lipinski definition) is 4. The van der Waals surface area contributed by atoms with Gasteiger partial charge in [-0.25, -0.2) is 0 Å². The Balaban J connectivity index is 1.33. The van der Waals surface area contributed by atoms with E-state index in [9.17, 15) is 0 Å². The zero-order valence-electron chi connectivity index (χ0n) is 18.7. The van der Waals surface area contributed by atoms with E-state index in [0.717, 1.165) is 17.1 Å². The number of nitrogens with zero attached hydrogens (tertiary/aromatic N) is 2. The van der Waals surface area contributed by atoms with Crippen LogP contribution in [0.1, 0.15) is 0 Å². The van der Waals surface area contributed by atoms with Crippen LogP contribution < -0.4 is 14.5 Å². The van der Waals surface area contributed by atoms with Crippen LogP contribution in [-0.4, -0.2) is 36.4 Å². The number of rotatable bonds is 2. The molecule has 6 unspecified atom stereocenters. The summed E-state index contributed by atoms with van der Waals surface area (Å²) in [5.74, 6) is 0.918. The van der Waals surface area contributed by atoms with Crippen LogP contribution in [0.15, 0.2) is 121 Å². The first-order valence-corrected chi connectivity index (χ1v) is 12.0. The summed E-state index contributed by atoms with van der Waals surface area (Å²) < 4.78 is 12.8. The first kappa shape index (κ1) is 19.7. The molecule has 2 aromatic rings. The molecule has 5 aliphatic rings. The van der Waals surface area contributed by atoms with E-state index in [0.29, 0.717) is 0 Å². The number of fused-ring (bicyclic) bond motifs is 4. The van der Waals surface area contributed by atoms with Gasteiger partial charge in [0.1, 0.15) is 24.1 Å². The topological polar surface area (TPSA) is 24.9 Å². The van der Waals surface area contributed by atoms with Crippen molar-refractivity contribution in [2.75, 3.05) is 9.80 Å². The van der Waals surface area contributed by atoms with Gasteiger partial charge in [0.2, 0.25) is 0 Å². The molecule has 0 amide bonds. The molecule has 168 valence electrons. The summed E-state index contributed by atoms with van der Waals surface area (Å²) in [6.07, 6.45) is 25.9. The van der Waals surface area contributed by atoms with Crippen LogP contribution in [0.25, 0.3) is 0 Å². The molecule has 6 atom stereocenters. The third kappa shape index (κ3) is 3.10. The fourth-order valence-electron chi connectivity index (χ4n) is 5.72.